The van der Waals surface area contributed by atoms with Crippen molar-refractivity contribution in [2.75, 3.05) is 0 Å². The predicted molar refractivity (Wildman–Crippen MR) is 59.3 cm³/mol. The van der Waals surface area contributed by atoms with Gasteiger partial charge in [-0.2, -0.15) is 0 Å². The van der Waals surface area contributed by atoms with Crippen LogP contribution in [0.2, 0.25) is 0 Å². The molecule has 1 saturated carbocycles. The maximum Gasteiger partial charge on any atom is 0.0900 e. The third-order valence-corrected chi connectivity index (χ3v) is 3.37. The molecule has 0 amide bonds. The second kappa shape index (κ2) is 4.33. The molecule has 1 fully saturated rings. The van der Waals surface area contributed by atoms with Gasteiger partial charge in [-0.15, -0.1) is 0 Å². The second-order valence-electron chi connectivity index (χ2n) is 4.41. The van der Waals surface area contributed by atoms with Gasteiger partial charge < -0.3 is 10.2 Å². The van der Waals surface area contributed by atoms with E-state index in [1.165, 1.54) is 6.42 Å². The number of hydrogen-bond acceptors (Lipinski definition) is 2. The van der Waals surface area contributed by atoms with Crippen LogP contribution in [0.4, 0.5) is 0 Å². The smallest absolute Gasteiger partial charge is 0.0900 e. The van der Waals surface area contributed by atoms with E-state index in [-0.39, 0.29) is 6.61 Å². The molecule has 0 radical (unpaired) electrons. The second-order valence-corrected chi connectivity index (χ2v) is 4.41. The van der Waals surface area contributed by atoms with Gasteiger partial charge in [0.2, 0.25) is 0 Å². The number of aliphatic hydroxyl groups excluding tert-OH is 1. The van der Waals surface area contributed by atoms with Crippen LogP contribution in [0.3, 0.4) is 0 Å². The van der Waals surface area contributed by atoms with Crippen molar-refractivity contribution in [2.24, 2.45) is 0 Å². The molecule has 1 aromatic rings. The fraction of sp³-hybridized carbons (Fsp3) is 0.538. The van der Waals surface area contributed by atoms with Crippen molar-refractivity contribution in [3.8, 4) is 0 Å². The average Bonchev–Trinajstić information content (AvgIpc) is 2.30. The van der Waals surface area contributed by atoms with Crippen LogP contribution in [0.1, 0.15) is 43.2 Å². The number of rotatable bonds is 2. The fourth-order valence-electron chi connectivity index (χ4n) is 2.52. The van der Waals surface area contributed by atoms with Crippen LogP contribution >= 0.6 is 0 Å². The summed E-state index contributed by atoms with van der Waals surface area (Å²) < 4.78 is 0. The lowest BCUT2D eigenvalue weighted by Crippen LogP contribution is -2.29. The van der Waals surface area contributed by atoms with E-state index >= 15 is 0 Å². The maximum absolute atomic E-state index is 10.5. The topological polar surface area (TPSA) is 40.5 Å². The summed E-state index contributed by atoms with van der Waals surface area (Å²) in [5.41, 5.74) is 1.09. The summed E-state index contributed by atoms with van der Waals surface area (Å²) >= 11 is 0. The monoisotopic (exact) mass is 206 g/mol. The lowest BCUT2D eigenvalue weighted by molar-refractivity contribution is -0.00231. The van der Waals surface area contributed by atoms with Crippen LogP contribution in [0, 0.1) is 0 Å². The minimum absolute atomic E-state index is 0.0124. The quantitative estimate of drug-likeness (QED) is 0.779. The zero-order valence-corrected chi connectivity index (χ0v) is 8.95. The Bertz CT molecular complexity index is 327. The molecule has 0 unspecified atom stereocenters. The molecule has 15 heavy (non-hydrogen) atoms. The molecule has 0 spiro atoms. The summed E-state index contributed by atoms with van der Waals surface area (Å²) in [4.78, 5) is 0. The molecular formula is C13H18O2. The van der Waals surface area contributed by atoms with Crippen molar-refractivity contribution in [2.45, 2.75) is 44.3 Å². The Morgan fingerprint density at radius 2 is 1.73 bits per heavy atom. The molecule has 0 bridgehead atoms. The molecule has 0 atom stereocenters. The molecule has 1 aliphatic carbocycles. The van der Waals surface area contributed by atoms with Crippen molar-refractivity contribution >= 4 is 0 Å². The Kier molecular flexibility index (Phi) is 3.08. The van der Waals surface area contributed by atoms with E-state index < -0.39 is 5.60 Å². The normalized spacial score (nSPS) is 20.1. The highest BCUT2D eigenvalue weighted by Gasteiger charge is 2.32. The minimum Gasteiger partial charge on any atom is -0.392 e. The van der Waals surface area contributed by atoms with Gasteiger partial charge in [-0.05, 0) is 24.0 Å². The van der Waals surface area contributed by atoms with Crippen LogP contribution < -0.4 is 0 Å². The van der Waals surface area contributed by atoms with Crippen molar-refractivity contribution in [1.82, 2.24) is 0 Å². The standard InChI is InChI=1S/C13H18O2/c14-10-11-6-2-3-7-12(11)13(15)8-4-1-5-9-13/h2-3,6-7,14-15H,1,4-5,8-10H2. The fourth-order valence-corrected chi connectivity index (χ4v) is 2.52. The van der Waals surface area contributed by atoms with Gasteiger partial charge in [0.05, 0.1) is 12.2 Å². The minimum atomic E-state index is -0.697. The average molecular weight is 206 g/mol. The van der Waals surface area contributed by atoms with Gasteiger partial charge in [0.25, 0.3) is 0 Å². The molecule has 82 valence electrons. The van der Waals surface area contributed by atoms with Gasteiger partial charge in [0.15, 0.2) is 0 Å². The Labute approximate surface area is 90.6 Å². The summed E-state index contributed by atoms with van der Waals surface area (Å²) in [6.45, 7) is 0.0124. The van der Waals surface area contributed by atoms with Gasteiger partial charge in [-0.1, -0.05) is 43.5 Å². The first-order valence-corrected chi connectivity index (χ1v) is 5.68. The summed E-state index contributed by atoms with van der Waals surface area (Å²) in [7, 11) is 0. The SMILES string of the molecule is OCc1ccccc1C1(O)CCCCC1. The highest BCUT2D eigenvalue weighted by Crippen LogP contribution is 2.38. The van der Waals surface area contributed by atoms with Crippen LogP contribution in [0.25, 0.3) is 0 Å². The van der Waals surface area contributed by atoms with Crippen molar-refractivity contribution in [3.63, 3.8) is 0 Å². The molecule has 2 heteroatoms. The molecule has 0 aromatic heterocycles. The van der Waals surface area contributed by atoms with E-state index in [1.54, 1.807) is 0 Å². The molecule has 0 saturated heterocycles. The lowest BCUT2D eigenvalue weighted by Gasteiger charge is -2.33. The molecule has 2 N–H and O–H groups in total. The van der Waals surface area contributed by atoms with E-state index in [0.717, 1.165) is 36.8 Å². The third-order valence-electron chi connectivity index (χ3n) is 3.37. The van der Waals surface area contributed by atoms with Crippen LogP contribution in [-0.2, 0) is 12.2 Å². The molecule has 2 nitrogen and oxygen atoms in total. The molecular weight excluding hydrogens is 188 g/mol. The summed E-state index contributed by atoms with van der Waals surface area (Å²) in [5, 5.41) is 19.8. The molecule has 0 aliphatic heterocycles. The molecule has 1 aliphatic rings. The van der Waals surface area contributed by atoms with Gasteiger partial charge in [-0.3, -0.25) is 0 Å². The third kappa shape index (κ3) is 2.06. The lowest BCUT2D eigenvalue weighted by atomic mass is 9.78. The largest absolute Gasteiger partial charge is 0.392 e. The summed E-state index contributed by atoms with van der Waals surface area (Å²) in [6, 6.07) is 7.67. The van der Waals surface area contributed by atoms with E-state index in [1.807, 2.05) is 24.3 Å². The highest BCUT2D eigenvalue weighted by molar-refractivity contribution is 5.32. The van der Waals surface area contributed by atoms with E-state index in [4.69, 9.17) is 0 Å². The van der Waals surface area contributed by atoms with E-state index in [0.29, 0.717) is 0 Å². The maximum atomic E-state index is 10.5. The first-order valence-electron chi connectivity index (χ1n) is 5.68. The Morgan fingerprint density at radius 3 is 2.40 bits per heavy atom. The zero-order chi connectivity index (χ0) is 10.7. The first kappa shape index (κ1) is 10.7. The summed E-state index contributed by atoms with van der Waals surface area (Å²) in [6.07, 6.45) is 5.02. The highest BCUT2D eigenvalue weighted by atomic mass is 16.3. The Hall–Kier alpha value is -0.860. The molecule has 0 heterocycles. The van der Waals surface area contributed by atoms with E-state index in [2.05, 4.69) is 0 Å². The van der Waals surface area contributed by atoms with Gasteiger partial charge >= 0.3 is 0 Å². The van der Waals surface area contributed by atoms with Crippen molar-refractivity contribution in [3.05, 3.63) is 35.4 Å². The van der Waals surface area contributed by atoms with Crippen LogP contribution in [0.15, 0.2) is 24.3 Å². The predicted octanol–water partition coefficient (Wildman–Crippen LogP) is 2.33. The molecule has 2 rings (SSSR count). The van der Waals surface area contributed by atoms with E-state index in [9.17, 15) is 10.2 Å². The van der Waals surface area contributed by atoms with Gasteiger partial charge in [0, 0.05) is 0 Å². The zero-order valence-electron chi connectivity index (χ0n) is 8.95. The first-order chi connectivity index (χ1) is 7.26. The van der Waals surface area contributed by atoms with Crippen LogP contribution in [-0.4, -0.2) is 10.2 Å². The van der Waals surface area contributed by atoms with Crippen molar-refractivity contribution < 1.29 is 10.2 Å². The number of aliphatic hydroxyl groups is 2. The van der Waals surface area contributed by atoms with Crippen LogP contribution in [0.5, 0.6) is 0 Å². The number of benzene rings is 1. The van der Waals surface area contributed by atoms with Gasteiger partial charge in [0.1, 0.15) is 0 Å². The van der Waals surface area contributed by atoms with Gasteiger partial charge in [-0.25, -0.2) is 0 Å². The molecule has 1 aromatic carbocycles. The Morgan fingerprint density at radius 1 is 1.07 bits per heavy atom. The Balaban J connectivity index is 2.34. The van der Waals surface area contributed by atoms with Crippen molar-refractivity contribution in [1.29, 1.82) is 0 Å². The summed E-state index contributed by atoms with van der Waals surface area (Å²) in [5.74, 6) is 0. The number of hydrogen-bond donors (Lipinski definition) is 2.